The summed E-state index contributed by atoms with van der Waals surface area (Å²) in [6, 6.07) is 9.40. The van der Waals surface area contributed by atoms with E-state index in [1.165, 1.54) is 18.2 Å². The van der Waals surface area contributed by atoms with Gasteiger partial charge >= 0.3 is 6.18 Å². The molecule has 0 aliphatic heterocycles. The molecule has 134 valence electrons. The monoisotopic (exact) mass is 362 g/mol. The average Bonchev–Trinajstić information content (AvgIpc) is 2.96. The molecule has 1 amide bonds. The van der Waals surface area contributed by atoms with Crippen LogP contribution in [0.1, 0.15) is 11.1 Å². The van der Waals surface area contributed by atoms with E-state index in [1.54, 1.807) is 22.9 Å². The second kappa shape index (κ2) is 6.67. The molecule has 0 aliphatic rings. The Balaban J connectivity index is 1.93. The summed E-state index contributed by atoms with van der Waals surface area (Å²) in [5.74, 6) is -1.18. The Labute approximate surface area is 146 Å². The van der Waals surface area contributed by atoms with Crippen molar-refractivity contribution in [2.24, 2.45) is 0 Å². The molecule has 0 saturated heterocycles. The van der Waals surface area contributed by atoms with Gasteiger partial charge in [0, 0.05) is 24.2 Å². The zero-order valence-corrected chi connectivity index (χ0v) is 13.5. The summed E-state index contributed by atoms with van der Waals surface area (Å²) >= 11 is 0. The van der Waals surface area contributed by atoms with Crippen molar-refractivity contribution in [2.45, 2.75) is 12.7 Å². The Morgan fingerprint density at radius 3 is 2.65 bits per heavy atom. The fraction of sp³-hybridized carbons (Fsp3) is 0.105. The number of benzene rings is 2. The maximum atomic E-state index is 14.2. The van der Waals surface area contributed by atoms with E-state index in [1.807, 2.05) is 0 Å². The van der Waals surface area contributed by atoms with Crippen molar-refractivity contribution < 1.29 is 22.4 Å². The van der Waals surface area contributed by atoms with Crippen molar-refractivity contribution in [3.8, 4) is 0 Å². The highest BCUT2D eigenvalue weighted by Gasteiger charge is 2.30. The number of amides is 1. The fourth-order valence-electron chi connectivity index (χ4n) is 2.67. The number of carbonyl (C=O) groups excluding carboxylic acids is 1. The van der Waals surface area contributed by atoms with Crippen molar-refractivity contribution in [1.82, 2.24) is 4.57 Å². The molecule has 1 heterocycles. The van der Waals surface area contributed by atoms with Gasteiger partial charge in [0.2, 0.25) is 5.91 Å². The molecular formula is C19H14F4N2O. The quantitative estimate of drug-likeness (QED) is 0.516. The molecule has 0 aliphatic carbocycles. The van der Waals surface area contributed by atoms with Crippen LogP contribution in [0.2, 0.25) is 0 Å². The highest BCUT2D eigenvalue weighted by Crippen LogP contribution is 2.30. The number of hydrogen-bond donors (Lipinski definition) is 1. The lowest BCUT2D eigenvalue weighted by molar-refractivity contribution is -0.137. The first kappa shape index (κ1) is 17.7. The Bertz CT molecular complexity index is 989. The van der Waals surface area contributed by atoms with Crippen molar-refractivity contribution in [1.29, 1.82) is 0 Å². The molecule has 3 rings (SSSR count). The van der Waals surface area contributed by atoms with Crippen LogP contribution in [-0.4, -0.2) is 10.5 Å². The van der Waals surface area contributed by atoms with Gasteiger partial charge in [0.05, 0.1) is 16.8 Å². The van der Waals surface area contributed by atoms with Gasteiger partial charge in [-0.3, -0.25) is 4.79 Å². The maximum absolute atomic E-state index is 14.2. The number of fused-ring (bicyclic) bond motifs is 1. The summed E-state index contributed by atoms with van der Waals surface area (Å²) in [6.45, 7) is 3.46. The lowest BCUT2D eigenvalue weighted by atomic mass is 10.1. The van der Waals surface area contributed by atoms with E-state index in [4.69, 9.17) is 0 Å². The van der Waals surface area contributed by atoms with E-state index in [0.29, 0.717) is 16.5 Å². The predicted octanol–water partition coefficient (Wildman–Crippen LogP) is 4.97. The Kier molecular flexibility index (Phi) is 4.54. The molecule has 1 aromatic heterocycles. The second-order valence-corrected chi connectivity index (χ2v) is 5.73. The van der Waals surface area contributed by atoms with E-state index in [-0.39, 0.29) is 12.2 Å². The van der Waals surface area contributed by atoms with E-state index < -0.39 is 23.5 Å². The van der Waals surface area contributed by atoms with Crippen LogP contribution in [0.5, 0.6) is 0 Å². The van der Waals surface area contributed by atoms with Crippen LogP contribution in [0.3, 0.4) is 0 Å². The molecule has 3 aromatic rings. The number of rotatable bonds is 4. The van der Waals surface area contributed by atoms with Gasteiger partial charge in [0.15, 0.2) is 0 Å². The van der Waals surface area contributed by atoms with E-state index in [0.717, 1.165) is 18.2 Å². The molecule has 0 radical (unpaired) electrons. The van der Waals surface area contributed by atoms with E-state index in [9.17, 15) is 22.4 Å². The van der Waals surface area contributed by atoms with Crippen molar-refractivity contribution in [3.63, 3.8) is 0 Å². The minimum atomic E-state index is -4.42. The third-order valence-electron chi connectivity index (χ3n) is 3.91. The Morgan fingerprint density at radius 1 is 1.19 bits per heavy atom. The lowest BCUT2D eigenvalue weighted by Gasteiger charge is -2.11. The molecule has 26 heavy (non-hydrogen) atoms. The molecule has 1 N–H and O–H groups in total. The molecule has 3 nitrogen and oxygen atoms in total. The van der Waals surface area contributed by atoms with Gasteiger partial charge < -0.3 is 9.88 Å². The smallest absolute Gasteiger partial charge is 0.343 e. The molecule has 0 spiro atoms. The Hall–Kier alpha value is -3.09. The number of anilines is 1. The number of nitrogens with zero attached hydrogens (tertiary/aromatic N) is 1. The summed E-state index contributed by atoms with van der Waals surface area (Å²) in [6.07, 6.45) is -1.73. The average molecular weight is 362 g/mol. The van der Waals surface area contributed by atoms with Gasteiger partial charge in [-0.25, -0.2) is 4.39 Å². The second-order valence-electron chi connectivity index (χ2n) is 5.73. The van der Waals surface area contributed by atoms with Gasteiger partial charge in [-0.2, -0.15) is 13.2 Å². The topological polar surface area (TPSA) is 34.0 Å². The normalized spacial score (nSPS) is 11.5. The zero-order chi connectivity index (χ0) is 18.9. The summed E-state index contributed by atoms with van der Waals surface area (Å²) < 4.78 is 54.4. The number of alkyl halides is 3. The minimum absolute atomic E-state index is 0.0132. The van der Waals surface area contributed by atoms with Crippen LogP contribution in [0, 0.1) is 5.82 Å². The molecule has 2 aromatic carbocycles. The van der Waals surface area contributed by atoms with Crippen LogP contribution < -0.4 is 5.32 Å². The summed E-state index contributed by atoms with van der Waals surface area (Å²) in [5, 5.41) is 3.02. The number of halogens is 4. The third-order valence-corrected chi connectivity index (χ3v) is 3.91. The zero-order valence-electron chi connectivity index (χ0n) is 13.5. The van der Waals surface area contributed by atoms with Crippen LogP contribution in [0.25, 0.3) is 10.9 Å². The number of nitrogens with one attached hydrogen (secondary N) is 1. The SMILES string of the molecule is C=CC(=O)Nc1cc2ccn(Cc3cccc(C(F)(F)F)c3)c2cc1F. The van der Waals surface area contributed by atoms with Crippen LogP contribution in [0.4, 0.5) is 23.2 Å². The van der Waals surface area contributed by atoms with Gasteiger partial charge in [-0.1, -0.05) is 18.7 Å². The van der Waals surface area contributed by atoms with E-state index >= 15 is 0 Å². The van der Waals surface area contributed by atoms with Gasteiger partial charge in [0.1, 0.15) is 5.82 Å². The van der Waals surface area contributed by atoms with Gasteiger partial charge in [-0.05, 0) is 35.9 Å². The molecular weight excluding hydrogens is 348 g/mol. The highest BCUT2D eigenvalue weighted by molar-refractivity contribution is 6.00. The first-order chi connectivity index (χ1) is 12.3. The largest absolute Gasteiger partial charge is 0.416 e. The molecule has 0 bridgehead atoms. The highest BCUT2D eigenvalue weighted by atomic mass is 19.4. The Morgan fingerprint density at radius 2 is 1.96 bits per heavy atom. The summed E-state index contributed by atoms with van der Waals surface area (Å²) in [4.78, 5) is 11.3. The number of aromatic nitrogens is 1. The molecule has 0 unspecified atom stereocenters. The number of hydrogen-bond acceptors (Lipinski definition) is 1. The first-order valence-electron chi connectivity index (χ1n) is 7.66. The first-order valence-corrected chi connectivity index (χ1v) is 7.66. The minimum Gasteiger partial charge on any atom is -0.343 e. The standard InChI is InChI=1S/C19H14F4N2O/c1-2-18(26)24-16-9-13-6-7-25(17(13)10-15(16)20)11-12-4-3-5-14(8-12)19(21,22)23/h2-10H,1,11H2,(H,24,26). The van der Waals surface area contributed by atoms with Crippen LogP contribution in [0.15, 0.2) is 61.3 Å². The van der Waals surface area contributed by atoms with Crippen LogP contribution in [-0.2, 0) is 17.5 Å². The number of carbonyl (C=O) groups is 1. The van der Waals surface area contributed by atoms with Gasteiger partial charge in [0.25, 0.3) is 0 Å². The molecule has 0 atom stereocenters. The molecule has 0 saturated carbocycles. The van der Waals surface area contributed by atoms with Crippen molar-refractivity contribution in [3.05, 3.63) is 78.3 Å². The van der Waals surface area contributed by atoms with Crippen molar-refractivity contribution in [2.75, 3.05) is 5.32 Å². The predicted molar refractivity (Wildman–Crippen MR) is 91.3 cm³/mol. The lowest BCUT2D eigenvalue weighted by Crippen LogP contribution is -2.09. The molecule has 7 heteroatoms. The van der Waals surface area contributed by atoms with Crippen molar-refractivity contribution >= 4 is 22.5 Å². The van der Waals surface area contributed by atoms with E-state index in [2.05, 4.69) is 11.9 Å². The fourth-order valence-corrected chi connectivity index (χ4v) is 2.67. The maximum Gasteiger partial charge on any atom is 0.416 e. The summed E-state index contributed by atoms with van der Waals surface area (Å²) in [7, 11) is 0. The third kappa shape index (κ3) is 3.61. The molecule has 0 fully saturated rings. The van der Waals surface area contributed by atoms with Gasteiger partial charge in [-0.15, -0.1) is 0 Å². The summed E-state index contributed by atoms with van der Waals surface area (Å²) in [5.41, 5.74) is 0.240. The van der Waals surface area contributed by atoms with Crippen LogP contribution >= 0.6 is 0 Å².